The van der Waals surface area contributed by atoms with E-state index in [4.69, 9.17) is 0 Å². The highest BCUT2D eigenvalue weighted by Crippen LogP contribution is 2.26. The van der Waals surface area contributed by atoms with E-state index < -0.39 is 17.6 Å². The first-order chi connectivity index (χ1) is 14.3. The highest BCUT2D eigenvalue weighted by atomic mass is 16.2. The third-order valence-electron chi connectivity index (χ3n) is 5.64. The van der Waals surface area contributed by atoms with Gasteiger partial charge in [-0.05, 0) is 62.5 Å². The first-order valence-electron chi connectivity index (χ1n) is 11.1. The van der Waals surface area contributed by atoms with Crippen molar-refractivity contribution in [3.63, 3.8) is 0 Å². The topological polar surface area (TPSA) is 63.2 Å². The molecular weight excluding hydrogens is 374 g/mol. The summed E-state index contributed by atoms with van der Waals surface area (Å²) in [7, 11) is 0. The third kappa shape index (κ3) is 8.12. The largest absolute Gasteiger partial charge is 0.347 e. The molecule has 1 fully saturated rings. The van der Waals surface area contributed by atoms with Gasteiger partial charge in [-0.25, -0.2) is 0 Å². The van der Waals surface area contributed by atoms with E-state index in [1.807, 2.05) is 37.3 Å². The number of rotatable bonds is 13. The maximum Gasteiger partial charge on any atom is 0.287 e. The van der Waals surface area contributed by atoms with Crippen LogP contribution in [0.25, 0.3) is 0 Å². The van der Waals surface area contributed by atoms with Crippen LogP contribution < -0.4 is 5.32 Å². The average molecular weight is 410 g/mol. The van der Waals surface area contributed by atoms with Crippen molar-refractivity contribution >= 4 is 17.5 Å². The average Bonchev–Trinajstić information content (AvgIpc) is 3.54. The fraction of sp³-hybridized carbons (Fsp3) is 0.538. The van der Waals surface area contributed by atoms with Gasteiger partial charge < -0.3 is 5.32 Å². The number of Topliss-reactive ketones (excluding diaryl/α,β-unsaturated/α-hetero) is 2. The summed E-state index contributed by atoms with van der Waals surface area (Å²) >= 11 is 0. The summed E-state index contributed by atoms with van der Waals surface area (Å²) in [5, 5.41) is 2.79. The lowest BCUT2D eigenvalue weighted by atomic mass is 9.82. The van der Waals surface area contributed by atoms with E-state index in [1.165, 1.54) is 0 Å². The number of benzene rings is 1. The van der Waals surface area contributed by atoms with E-state index in [1.54, 1.807) is 0 Å². The molecule has 1 N–H and O–H groups in total. The maximum atomic E-state index is 13.2. The summed E-state index contributed by atoms with van der Waals surface area (Å²) in [6, 6.07) is 10.0. The Morgan fingerprint density at radius 2 is 1.77 bits per heavy atom. The lowest BCUT2D eigenvalue weighted by Gasteiger charge is -2.21. The van der Waals surface area contributed by atoms with Crippen LogP contribution in [0.15, 0.2) is 48.2 Å². The van der Waals surface area contributed by atoms with Crippen LogP contribution in [0.1, 0.15) is 64.9 Å². The quantitative estimate of drug-likeness (QED) is 0.375. The highest BCUT2D eigenvalue weighted by Gasteiger charge is 2.33. The van der Waals surface area contributed by atoms with E-state index in [2.05, 4.69) is 31.5 Å². The number of carbonyl (C=O) groups excluding carboxylic acids is 3. The zero-order valence-electron chi connectivity index (χ0n) is 18.6. The molecule has 1 aromatic rings. The molecule has 0 saturated heterocycles. The molecule has 1 amide bonds. The van der Waals surface area contributed by atoms with Gasteiger partial charge in [-0.2, -0.15) is 0 Å². The molecule has 0 spiro atoms. The number of ketones is 2. The second kappa shape index (κ2) is 11.7. The molecule has 0 heterocycles. The Morgan fingerprint density at radius 3 is 2.33 bits per heavy atom. The second-order valence-electron chi connectivity index (χ2n) is 8.99. The van der Waals surface area contributed by atoms with Gasteiger partial charge in [0.25, 0.3) is 5.91 Å². The lowest BCUT2D eigenvalue weighted by molar-refractivity contribution is -0.141. The second-order valence-corrected chi connectivity index (χ2v) is 8.99. The number of amides is 1. The molecule has 0 radical (unpaired) electrons. The van der Waals surface area contributed by atoms with Crippen LogP contribution in [0, 0.1) is 17.8 Å². The van der Waals surface area contributed by atoms with Crippen molar-refractivity contribution in [2.45, 2.75) is 71.8 Å². The molecule has 4 nitrogen and oxygen atoms in total. The Kier molecular flexibility index (Phi) is 9.26. The SMILES string of the molecule is C=C=C(C)C[C@@H](CC(C)C)C(=O)C[C@@H](CCc1ccccc1)C(=O)C(=O)NC1CC1. The molecule has 0 bridgehead atoms. The molecule has 2 rings (SSSR count). The van der Waals surface area contributed by atoms with Crippen molar-refractivity contribution in [2.24, 2.45) is 17.8 Å². The smallest absolute Gasteiger partial charge is 0.287 e. The number of carbonyl (C=O) groups is 3. The summed E-state index contributed by atoms with van der Waals surface area (Å²) in [5.74, 6) is -1.31. The number of aryl methyl sites for hydroxylation is 1. The molecule has 30 heavy (non-hydrogen) atoms. The number of hydrogen-bond donors (Lipinski definition) is 1. The monoisotopic (exact) mass is 409 g/mol. The fourth-order valence-electron chi connectivity index (χ4n) is 3.73. The molecule has 1 saturated carbocycles. The van der Waals surface area contributed by atoms with Crippen LogP contribution in [0.5, 0.6) is 0 Å². The van der Waals surface area contributed by atoms with Gasteiger partial charge in [-0.1, -0.05) is 50.8 Å². The van der Waals surface area contributed by atoms with Gasteiger partial charge in [0, 0.05) is 24.3 Å². The lowest BCUT2D eigenvalue weighted by Crippen LogP contribution is -2.38. The molecular formula is C26H35NO3. The van der Waals surface area contributed by atoms with Gasteiger partial charge in [0.05, 0.1) is 0 Å². The van der Waals surface area contributed by atoms with Crippen LogP contribution in [-0.4, -0.2) is 23.5 Å². The van der Waals surface area contributed by atoms with Gasteiger partial charge in [-0.15, -0.1) is 5.73 Å². The van der Waals surface area contributed by atoms with Gasteiger partial charge in [0.1, 0.15) is 5.78 Å². The highest BCUT2D eigenvalue weighted by molar-refractivity contribution is 6.37. The van der Waals surface area contributed by atoms with Crippen LogP contribution >= 0.6 is 0 Å². The number of nitrogens with one attached hydrogen (secondary N) is 1. The van der Waals surface area contributed by atoms with Crippen molar-refractivity contribution in [1.29, 1.82) is 0 Å². The molecule has 1 aliphatic rings. The molecule has 0 aromatic heterocycles. The van der Waals surface area contributed by atoms with Crippen molar-refractivity contribution in [3.8, 4) is 0 Å². The summed E-state index contributed by atoms with van der Waals surface area (Å²) in [4.78, 5) is 38.5. The zero-order chi connectivity index (χ0) is 22.1. The summed E-state index contributed by atoms with van der Waals surface area (Å²) in [6.07, 6.45) is 4.50. The molecule has 1 aliphatic carbocycles. The normalized spacial score (nSPS) is 15.2. The van der Waals surface area contributed by atoms with Crippen LogP contribution in [0.2, 0.25) is 0 Å². The van der Waals surface area contributed by atoms with Crippen molar-refractivity contribution in [2.75, 3.05) is 0 Å². The van der Waals surface area contributed by atoms with E-state index in [9.17, 15) is 14.4 Å². The van der Waals surface area contributed by atoms with Crippen molar-refractivity contribution in [1.82, 2.24) is 5.32 Å². The maximum absolute atomic E-state index is 13.2. The molecule has 162 valence electrons. The van der Waals surface area contributed by atoms with E-state index in [-0.39, 0.29) is 24.2 Å². The standard InChI is InChI=1S/C26H35NO3/c1-5-19(4)16-22(15-18(2)3)24(28)17-21(12-11-20-9-7-6-8-10-20)25(29)26(30)27-23-13-14-23/h6-10,18,21-23H,1,11-17H2,2-4H3,(H,27,30)/t21-,22-/m1/s1. The van der Waals surface area contributed by atoms with E-state index in [0.717, 1.165) is 30.4 Å². The minimum absolute atomic E-state index is 0.0592. The first kappa shape index (κ1) is 23.8. The Labute approximate surface area is 180 Å². The molecule has 1 aromatic carbocycles. The first-order valence-corrected chi connectivity index (χ1v) is 11.1. The number of hydrogen-bond acceptors (Lipinski definition) is 3. The fourth-order valence-corrected chi connectivity index (χ4v) is 3.73. The van der Waals surface area contributed by atoms with E-state index in [0.29, 0.717) is 25.2 Å². The van der Waals surface area contributed by atoms with Crippen LogP contribution in [0.4, 0.5) is 0 Å². The van der Waals surface area contributed by atoms with Gasteiger partial charge in [0.15, 0.2) is 0 Å². The van der Waals surface area contributed by atoms with Gasteiger partial charge in [0.2, 0.25) is 5.78 Å². The Hall–Kier alpha value is -2.45. The predicted molar refractivity (Wildman–Crippen MR) is 120 cm³/mol. The Balaban J connectivity index is 2.11. The minimum atomic E-state index is -0.584. The molecule has 2 atom stereocenters. The molecule has 4 heteroatoms. The van der Waals surface area contributed by atoms with E-state index >= 15 is 0 Å². The number of allylic oxidation sites excluding steroid dienone is 1. The summed E-state index contributed by atoms with van der Waals surface area (Å²) in [6.45, 7) is 9.79. The third-order valence-corrected chi connectivity index (χ3v) is 5.64. The summed E-state index contributed by atoms with van der Waals surface area (Å²) < 4.78 is 0. The Bertz CT molecular complexity index is 786. The van der Waals surface area contributed by atoms with Crippen molar-refractivity contribution in [3.05, 3.63) is 53.8 Å². The molecule has 0 aliphatic heterocycles. The Morgan fingerprint density at radius 1 is 1.10 bits per heavy atom. The van der Waals surface area contributed by atoms with Gasteiger partial charge >= 0.3 is 0 Å². The predicted octanol–water partition coefficient (Wildman–Crippen LogP) is 4.83. The van der Waals surface area contributed by atoms with Crippen LogP contribution in [0.3, 0.4) is 0 Å². The molecule has 0 unspecified atom stereocenters. The zero-order valence-corrected chi connectivity index (χ0v) is 18.6. The minimum Gasteiger partial charge on any atom is -0.347 e. The summed E-state index contributed by atoms with van der Waals surface area (Å²) in [5.41, 5.74) is 4.93. The van der Waals surface area contributed by atoms with Gasteiger partial charge in [-0.3, -0.25) is 14.4 Å². The van der Waals surface area contributed by atoms with Crippen LogP contribution in [-0.2, 0) is 20.8 Å². The van der Waals surface area contributed by atoms with Crippen molar-refractivity contribution < 1.29 is 14.4 Å².